The van der Waals surface area contributed by atoms with Gasteiger partial charge in [0.15, 0.2) is 0 Å². The van der Waals surface area contributed by atoms with E-state index in [1.165, 1.54) is 0 Å². The number of amides is 1. The van der Waals surface area contributed by atoms with Gasteiger partial charge < -0.3 is 15.5 Å². The number of hydrogen-bond donors (Lipinski definition) is 3. The van der Waals surface area contributed by atoms with Crippen LogP contribution in [-0.4, -0.2) is 39.4 Å². The fourth-order valence-electron chi connectivity index (χ4n) is 2.48. The molecule has 0 unspecified atom stereocenters. The number of aliphatic hydroxyl groups excluding tert-OH is 2. The summed E-state index contributed by atoms with van der Waals surface area (Å²) in [6, 6.07) is 3.25. The van der Waals surface area contributed by atoms with E-state index in [9.17, 15) is 15.0 Å². The van der Waals surface area contributed by atoms with Gasteiger partial charge in [0.1, 0.15) is 6.10 Å². The van der Waals surface area contributed by atoms with Crippen molar-refractivity contribution in [1.29, 1.82) is 0 Å². The van der Waals surface area contributed by atoms with Crippen molar-refractivity contribution in [2.75, 3.05) is 0 Å². The molecule has 0 spiro atoms. The van der Waals surface area contributed by atoms with Crippen LogP contribution in [-0.2, 0) is 4.79 Å². The van der Waals surface area contributed by atoms with Crippen LogP contribution in [0, 0.1) is 5.92 Å². The van der Waals surface area contributed by atoms with Gasteiger partial charge in [-0.2, -0.15) is 0 Å². The third-order valence-corrected chi connectivity index (χ3v) is 3.64. The molecule has 104 valence electrons. The van der Waals surface area contributed by atoms with Crippen molar-refractivity contribution >= 4 is 5.91 Å². The molecular formula is C14H20N2O3. The number of aliphatic hydroxyl groups is 2. The van der Waals surface area contributed by atoms with E-state index in [1.54, 1.807) is 26.2 Å². The van der Waals surface area contributed by atoms with Crippen LogP contribution in [0.2, 0.25) is 0 Å². The molecule has 0 radical (unpaired) electrons. The molecule has 0 bridgehead atoms. The summed E-state index contributed by atoms with van der Waals surface area (Å²) in [7, 11) is 0. The molecule has 1 fully saturated rings. The Hall–Kier alpha value is -1.46. The number of nitrogens with zero attached hydrogens (tertiary/aromatic N) is 1. The third-order valence-electron chi connectivity index (χ3n) is 3.64. The summed E-state index contributed by atoms with van der Waals surface area (Å²) in [6.45, 7) is 3.60. The Morgan fingerprint density at radius 1 is 1.47 bits per heavy atom. The highest BCUT2D eigenvalue weighted by atomic mass is 16.3. The van der Waals surface area contributed by atoms with Gasteiger partial charge in [0.25, 0.3) is 0 Å². The van der Waals surface area contributed by atoms with E-state index in [-0.39, 0.29) is 17.7 Å². The molecule has 5 heteroatoms. The van der Waals surface area contributed by atoms with Gasteiger partial charge in [-0.25, -0.2) is 0 Å². The van der Waals surface area contributed by atoms with Crippen molar-refractivity contribution < 1.29 is 15.0 Å². The maximum absolute atomic E-state index is 11.8. The van der Waals surface area contributed by atoms with Crippen LogP contribution in [0.15, 0.2) is 24.5 Å². The Bertz CT molecular complexity index is 436. The van der Waals surface area contributed by atoms with Crippen molar-refractivity contribution in [1.82, 2.24) is 10.3 Å². The number of pyridine rings is 1. The van der Waals surface area contributed by atoms with E-state index < -0.39 is 18.2 Å². The first-order chi connectivity index (χ1) is 9.00. The lowest BCUT2D eigenvalue weighted by Crippen LogP contribution is -2.46. The second-order valence-corrected chi connectivity index (χ2v) is 5.38. The van der Waals surface area contributed by atoms with Gasteiger partial charge in [-0.3, -0.25) is 9.78 Å². The monoisotopic (exact) mass is 264 g/mol. The Balaban J connectivity index is 2.19. The molecule has 5 nitrogen and oxygen atoms in total. The van der Waals surface area contributed by atoms with E-state index in [1.807, 2.05) is 12.1 Å². The zero-order valence-corrected chi connectivity index (χ0v) is 11.2. The van der Waals surface area contributed by atoms with Crippen LogP contribution in [0.5, 0.6) is 0 Å². The molecule has 1 amide bonds. The van der Waals surface area contributed by atoms with Crippen LogP contribution in [0.25, 0.3) is 0 Å². The average molecular weight is 264 g/mol. The topological polar surface area (TPSA) is 82.5 Å². The van der Waals surface area contributed by atoms with Gasteiger partial charge in [-0.15, -0.1) is 0 Å². The van der Waals surface area contributed by atoms with Gasteiger partial charge in [-0.1, -0.05) is 19.9 Å². The summed E-state index contributed by atoms with van der Waals surface area (Å²) in [4.78, 5) is 15.9. The standard InChI is InChI=1S/C14H20N2O3/c1-8(2)14(19)16-12-10(6-11(17)13(12)18)9-4-3-5-15-7-9/h3-5,7-8,10-13,17-18H,6H2,1-2H3,(H,16,19)/t10-,11-,12-,13-/m1/s1. The molecule has 0 aliphatic heterocycles. The largest absolute Gasteiger partial charge is 0.390 e. The second-order valence-electron chi connectivity index (χ2n) is 5.38. The second kappa shape index (κ2) is 5.67. The number of carbonyl (C=O) groups excluding carboxylic acids is 1. The van der Waals surface area contributed by atoms with Crippen LogP contribution < -0.4 is 5.32 Å². The number of rotatable bonds is 3. The van der Waals surface area contributed by atoms with Crippen molar-refractivity contribution in [3.8, 4) is 0 Å². The number of carbonyl (C=O) groups is 1. The van der Waals surface area contributed by atoms with Crippen LogP contribution in [0.3, 0.4) is 0 Å². The summed E-state index contributed by atoms with van der Waals surface area (Å²) < 4.78 is 0. The lowest BCUT2D eigenvalue weighted by Gasteiger charge is -2.24. The molecule has 0 saturated heterocycles. The maximum Gasteiger partial charge on any atom is 0.222 e. The van der Waals surface area contributed by atoms with Crippen molar-refractivity contribution in [2.24, 2.45) is 5.92 Å². The lowest BCUT2D eigenvalue weighted by molar-refractivity contribution is -0.125. The van der Waals surface area contributed by atoms with E-state index >= 15 is 0 Å². The molecule has 1 aliphatic carbocycles. The normalized spacial score (nSPS) is 30.6. The van der Waals surface area contributed by atoms with Gasteiger partial charge in [-0.05, 0) is 18.1 Å². The van der Waals surface area contributed by atoms with Crippen molar-refractivity contribution in [3.05, 3.63) is 30.1 Å². The predicted octanol–water partition coefficient (Wildman–Crippen LogP) is 0.431. The Morgan fingerprint density at radius 3 is 2.79 bits per heavy atom. The number of nitrogens with one attached hydrogen (secondary N) is 1. The summed E-state index contributed by atoms with van der Waals surface area (Å²) >= 11 is 0. The van der Waals surface area contributed by atoms with E-state index in [0.717, 1.165) is 5.56 Å². The van der Waals surface area contributed by atoms with Gasteiger partial charge >= 0.3 is 0 Å². The lowest BCUT2D eigenvalue weighted by atomic mass is 9.94. The Morgan fingerprint density at radius 2 is 2.21 bits per heavy atom. The summed E-state index contributed by atoms with van der Waals surface area (Å²) in [5.74, 6) is -0.382. The molecule has 1 aromatic rings. The SMILES string of the molecule is CC(C)C(=O)N[C@H]1[C@H](O)[C@H](O)C[C@@H]1c1cccnc1. The first kappa shape index (κ1) is 14.0. The third kappa shape index (κ3) is 2.93. The first-order valence-electron chi connectivity index (χ1n) is 6.57. The van der Waals surface area contributed by atoms with E-state index in [4.69, 9.17) is 0 Å². The highest BCUT2D eigenvalue weighted by Crippen LogP contribution is 2.35. The molecule has 1 saturated carbocycles. The Labute approximate surface area is 112 Å². The molecule has 4 atom stereocenters. The molecule has 2 rings (SSSR count). The molecule has 1 aliphatic rings. The highest BCUT2D eigenvalue weighted by Gasteiger charge is 2.43. The minimum atomic E-state index is -0.937. The van der Waals surface area contributed by atoms with E-state index in [2.05, 4.69) is 10.3 Å². The van der Waals surface area contributed by atoms with Gasteiger partial charge in [0, 0.05) is 24.2 Å². The van der Waals surface area contributed by atoms with Gasteiger partial charge in [0.2, 0.25) is 5.91 Å². The summed E-state index contributed by atoms with van der Waals surface area (Å²) in [5.41, 5.74) is 0.923. The van der Waals surface area contributed by atoms with Crippen LogP contribution in [0.4, 0.5) is 0 Å². The smallest absolute Gasteiger partial charge is 0.222 e. The molecule has 3 N–H and O–H groups in total. The van der Waals surface area contributed by atoms with Gasteiger partial charge in [0.05, 0.1) is 12.1 Å². The zero-order valence-electron chi connectivity index (χ0n) is 11.2. The zero-order chi connectivity index (χ0) is 14.0. The van der Waals surface area contributed by atoms with E-state index in [0.29, 0.717) is 6.42 Å². The maximum atomic E-state index is 11.8. The fraction of sp³-hybridized carbons (Fsp3) is 0.571. The van der Waals surface area contributed by atoms with Crippen LogP contribution in [0.1, 0.15) is 31.7 Å². The molecule has 19 heavy (non-hydrogen) atoms. The molecule has 1 heterocycles. The molecule has 0 aromatic carbocycles. The highest BCUT2D eigenvalue weighted by molar-refractivity contribution is 5.78. The van der Waals surface area contributed by atoms with Crippen LogP contribution >= 0.6 is 0 Å². The summed E-state index contributed by atoms with van der Waals surface area (Å²) in [6.07, 6.45) is 2.06. The predicted molar refractivity (Wildman–Crippen MR) is 70.4 cm³/mol. The van der Waals surface area contributed by atoms with Crippen molar-refractivity contribution in [3.63, 3.8) is 0 Å². The average Bonchev–Trinajstić information content (AvgIpc) is 2.68. The Kier molecular flexibility index (Phi) is 4.17. The number of hydrogen-bond acceptors (Lipinski definition) is 4. The minimum Gasteiger partial charge on any atom is -0.390 e. The molecule has 1 aromatic heterocycles. The minimum absolute atomic E-state index is 0.110. The number of aromatic nitrogens is 1. The molecular weight excluding hydrogens is 244 g/mol. The quantitative estimate of drug-likeness (QED) is 0.739. The van der Waals surface area contributed by atoms with Crippen molar-refractivity contribution in [2.45, 2.75) is 44.4 Å². The fourth-order valence-corrected chi connectivity index (χ4v) is 2.48. The first-order valence-corrected chi connectivity index (χ1v) is 6.57. The summed E-state index contributed by atoms with van der Waals surface area (Å²) in [5, 5.41) is 22.7.